The van der Waals surface area contributed by atoms with Gasteiger partial charge in [-0.25, -0.2) is 0 Å². The lowest BCUT2D eigenvalue weighted by Gasteiger charge is -2.24. The van der Waals surface area contributed by atoms with Crippen molar-refractivity contribution in [2.24, 2.45) is 0 Å². The molecule has 0 fully saturated rings. The van der Waals surface area contributed by atoms with Crippen molar-refractivity contribution < 1.29 is 0 Å². The molecule has 0 aliphatic carbocycles. The molecule has 0 atom stereocenters. The van der Waals surface area contributed by atoms with E-state index in [0.717, 1.165) is 26.2 Å². The van der Waals surface area contributed by atoms with E-state index in [1.165, 1.54) is 20.4 Å². The molecule has 1 N–H and O–H groups in total. The van der Waals surface area contributed by atoms with Gasteiger partial charge in [-0.1, -0.05) is 30.3 Å². The number of halogens is 1. The van der Waals surface area contributed by atoms with Crippen molar-refractivity contribution in [1.29, 1.82) is 0 Å². The average molecular weight is 364 g/mol. The summed E-state index contributed by atoms with van der Waals surface area (Å²) in [5, 5.41) is 3.49. The number of fused-ring (bicyclic) bond motifs is 1. The second kappa shape index (κ2) is 5.92. The van der Waals surface area contributed by atoms with Gasteiger partial charge in [0.1, 0.15) is 0 Å². The number of hydrogen-bond donors (Lipinski definition) is 1. The highest BCUT2D eigenvalue weighted by molar-refractivity contribution is 14.1. The van der Waals surface area contributed by atoms with Gasteiger partial charge in [-0.05, 0) is 51.9 Å². The molecule has 1 aliphatic rings. The Balaban J connectivity index is 1.86. The fraction of sp³-hybridized carbons (Fsp3) is 0.250. The van der Waals surface area contributed by atoms with Gasteiger partial charge in [-0.15, -0.1) is 0 Å². The van der Waals surface area contributed by atoms with E-state index in [1.807, 2.05) is 0 Å². The van der Waals surface area contributed by atoms with Gasteiger partial charge in [0.2, 0.25) is 0 Å². The summed E-state index contributed by atoms with van der Waals surface area (Å²) in [6.45, 7) is 4.05. The van der Waals surface area contributed by atoms with Crippen molar-refractivity contribution in [3.63, 3.8) is 0 Å². The summed E-state index contributed by atoms with van der Waals surface area (Å²) in [6, 6.07) is 17.5. The normalized spacial score (nSPS) is 14.9. The fourth-order valence-corrected chi connectivity index (χ4v) is 2.86. The van der Waals surface area contributed by atoms with Gasteiger partial charge in [-0.2, -0.15) is 0 Å². The molecule has 3 rings (SSSR count). The van der Waals surface area contributed by atoms with Crippen LogP contribution < -0.4 is 10.2 Å². The Bertz CT molecular complexity index is 551. The summed E-state index contributed by atoms with van der Waals surface area (Å²) in [5.74, 6) is 0. The molecule has 3 heteroatoms. The van der Waals surface area contributed by atoms with Crippen LogP contribution in [0, 0.1) is 3.57 Å². The summed E-state index contributed by atoms with van der Waals surface area (Å²) in [5.41, 5.74) is 4.13. The van der Waals surface area contributed by atoms with Gasteiger partial charge < -0.3 is 10.2 Å². The monoisotopic (exact) mass is 364 g/mol. The zero-order valence-corrected chi connectivity index (χ0v) is 12.9. The van der Waals surface area contributed by atoms with Crippen molar-refractivity contribution >= 4 is 28.3 Å². The minimum atomic E-state index is 0.972. The van der Waals surface area contributed by atoms with Gasteiger partial charge in [0.05, 0.1) is 0 Å². The lowest BCUT2D eigenvalue weighted by molar-refractivity contribution is 0.688. The van der Waals surface area contributed by atoms with Crippen LogP contribution >= 0.6 is 22.6 Å². The van der Waals surface area contributed by atoms with Crippen LogP contribution in [-0.2, 0) is 13.1 Å². The predicted octanol–water partition coefficient (Wildman–Crippen LogP) is 3.40. The second-order valence-electron chi connectivity index (χ2n) is 4.85. The lowest BCUT2D eigenvalue weighted by Crippen LogP contribution is -2.28. The molecule has 1 aliphatic heterocycles. The van der Waals surface area contributed by atoms with E-state index in [0.29, 0.717) is 0 Å². The third-order valence-electron chi connectivity index (χ3n) is 3.49. The fourth-order valence-electron chi connectivity index (χ4n) is 2.50. The molecule has 2 aromatic rings. The summed E-state index contributed by atoms with van der Waals surface area (Å²) in [6.07, 6.45) is 0. The minimum absolute atomic E-state index is 0.972. The highest BCUT2D eigenvalue weighted by Gasteiger charge is 2.14. The number of benzene rings is 2. The summed E-state index contributed by atoms with van der Waals surface area (Å²) < 4.78 is 1.29. The van der Waals surface area contributed by atoms with E-state index in [-0.39, 0.29) is 0 Å². The first-order chi connectivity index (χ1) is 9.33. The molecule has 1 heterocycles. The standard InChI is InChI=1S/C16H17IN2/c17-15-7-5-13(6-8-15)12-19-10-9-18-11-14-3-1-2-4-16(14)19/h1-8,18H,9-12H2. The van der Waals surface area contributed by atoms with Crippen LogP contribution in [0.1, 0.15) is 11.1 Å². The predicted molar refractivity (Wildman–Crippen MR) is 88.4 cm³/mol. The Morgan fingerprint density at radius 2 is 1.84 bits per heavy atom. The van der Waals surface area contributed by atoms with E-state index >= 15 is 0 Å². The van der Waals surface area contributed by atoms with E-state index in [4.69, 9.17) is 0 Å². The van der Waals surface area contributed by atoms with Crippen LogP contribution in [-0.4, -0.2) is 13.1 Å². The molecule has 0 saturated heterocycles. The maximum absolute atomic E-state index is 3.49. The molecule has 0 saturated carbocycles. The van der Waals surface area contributed by atoms with Gasteiger partial charge in [0.15, 0.2) is 0 Å². The van der Waals surface area contributed by atoms with Crippen molar-refractivity contribution in [3.8, 4) is 0 Å². The maximum atomic E-state index is 3.49. The first-order valence-electron chi connectivity index (χ1n) is 6.61. The number of anilines is 1. The van der Waals surface area contributed by atoms with Crippen molar-refractivity contribution in [1.82, 2.24) is 5.32 Å². The maximum Gasteiger partial charge on any atom is 0.0430 e. The zero-order valence-electron chi connectivity index (χ0n) is 10.8. The van der Waals surface area contributed by atoms with Crippen molar-refractivity contribution in [3.05, 3.63) is 63.2 Å². The molecular formula is C16H17IN2. The van der Waals surface area contributed by atoms with Crippen molar-refractivity contribution in [2.45, 2.75) is 13.1 Å². The van der Waals surface area contributed by atoms with E-state index in [1.54, 1.807) is 0 Å². The number of para-hydroxylation sites is 1. The van der Waals surface area contributed by atoms with Crippen LogP contribution in [0.5, 0.6) is 0 Å². The largest absolute Gasteiger partial charge is 0.366 e. The Morgan fingerprint density at radius 1 is 1.05 bits per heavy atom. The van der Waals surface area contributed by atoms with Crippen LogP contribution in [0.4, 0.5) is 5.69 Å². The van der Waals surface area contributed by atoms with E-state index < -0.39 is 0 Å². The van der Waals surface area contributed by atoms with E-state index in [2.05, 4.69) is 81.3 Å². The van der Waals surface area contributed by atoms with Gasteiger partial charge in [0, 0.05) is 35.4 Å². The summed E-state index contributed by atoms with van der Waals surface area (Å²) in [7, 11) is 0. The Kier molecular flexibility index (Phi) is 4.03. The molecule has 0 unspecified atom stereocenters. The number of nitrogens with zero attached hydrogens (tertiary/aromatic N) is 1. The molecule has 0 spiro atoms. The first kappa shape index (κ1) is 12.9. The van der Waals surface area contributed by atoms with E-state index in [9.17, 15) is 0 Å². The van der Waals surface area contributed by atoms with Gasteiger partial charge in [0.25, 0.3) is 0 Å². The molecule has 0 aromatic heterocycles. The summed E-state index contributed by atoms with van der Waals surface area (Å²) in [4.78, 5) is 2.47. The lowest BCUT2D eigenvalue weighted by atomic mass is 10.1. The number of rotatable bonds is 2. The van der Waals surface area contributed by atoms with Crippen LogP contribution in [0.15, 0.2) is 48.5 Å². The number of hydrogen-bond acceptors (Lipinski definition) is 2. The molecule has 0 amide bonds. The molecule has 0 radical (unpaired) electrons. The molecule has 2 nitrogen and oxygen atoms in total. The third kappa shape index (κ3) is 3.09. The molecule has 98 valence electrons. The van der Waals surface area contributed by atoms with Crippen LogP contribution in [0.2, 0.25) is 0 Å². The average Bonchev–Trinajstić information content (AvgIpc) is 2.64. The molecule has 19 heavy (non-hydrogen) atoms. The molecule has 0 bridgehead atoms. The minimum Gasteiger partial charge on any atom is -0.366 e. The third-order valence-corrected chi connectivity index (χ3v) is 4.21. The number of nitrogens with one attached hydrogen (secondary N) is 1. The first-order valence-corrected chi connectivity index (χ1v) is 7.69. The Morgan fingerprint density at radius 3 is 2.68 bits per heavy atom. The highest BCUT2D eigenvalue weighted by Crippen LogP contribution is 2.24. The smallest absolute Gasteiger partial charge is 0.0430 e. The Hall–Kier alpha value is -1.07. The van der Waals surface area contributed by atoms with Crippen molar-refractivity contribution in [2.75, 3.05) is 18.0 Å². The van der Waals surface area contributed by atoms with Gasteiger partial charge in [-0.3, -0.25) is 0 Å². The summed E-state index contributed by atoms with van der Waals surface area (Å²) >= 11 is 2.35. The topological polar surface area (TPSA) is 15.3 Å². The second-order valence-corrected chi connectivity index (χ2v) is 6.10. The molecule has 2 aromatic carbocycles. The van der Waals surface area contributed by atoms with Crippen LogP contribution in [0.3, 0.4) is 0 Å². The molecular weight excluding hydrogens is 347 g/mol. The highest BCUT2D eigenvalue weighted by atomic mass is 127. The Labute approximate surface area is 128 Å². The zero-order chi connectivity index (χ0) is 13.1. The SMILES string of the molecule is Ic1ccc(CN2CCNCc3ccccc32)cc1. The van der Waals surface area contributed by atoms with Gasteiger partial charge >= 0.3 is 0 Å². The quantitative estimate of drug-likeness (QED) is 0.822. The van der Waals surface area contributed by atoms with Crippen LogP contribution in [0.25, 0.3) is 0 Å².